The summed E-state index contributed by atoms with van der Waals surface area (Å²) >= 11 is 0. The zero-order valence-corrected chi connectivity index (χ0v) is 9.97. The van der Waals surface area contributed by atoms with E-state index in [9.17, 15) is 4.79 Å². The maximum atomic E-state index is 10.7. The van der Waals surface area contributed by atoms with Gasteiger partial charge in [0, 0.05) is 26.8 Å². The monoisotopic (exact) mass is 224 g/mol. The fourth-order valence-electron chi connectivity index (χ4n) is 1.11. The second kappa shape index (κ2) is 8.67. The molecule has 0 aromatic rings. The van der Waals surface area contributed by atoms with Crippen molar-refractivity contribution in [3.63, 3.8) is 0 Å². The van der Waals surface area contributed by atoms with Crippen molar-refractivity contribution >= 4 is 12.4 Å². The van der Waals surface area contributed by atoms with Gasteiger partial charge in [-0.15, -0.1) is 0 Å². The zero-order valence-electron chi connectivity index (χ0n) is 9.97. The molecule has 0 fully saturated rings. The van der Waals surface area contributed by atoms with Crippen LogP contribution in [0.4, 0.5) is 0 Å². The summed E-state index contributed by atoms with van der Waals surface area (Å²) in [5.41, 5.74) is 5.43. The highest BCUT2D eigenvalue weighted by Crippen LogP contribution is 1.95. The maximum Gasteiger partial charge on any atom is 0.216 e. The van der Waals surface area contributed by atoms with Gasteiger partial charge in [0.25, 0.3) is 0 Å². The van der Waals surface area contributed by atoms with Crippen LogP contribution in [0.15, 0.2) is 29.9 Å². The highest BCUT2D eigenvalue weighted by Gasteiger charge is 2.09. The molecule has 0 unspecified atom stereocenters. The smallest absolute Gasteiger partial charge is 0.216 e. The first kappa shape index (κ1) is 14.4. The quantitative estimate of drug-likeness (QED) is 0.308. The molecule has 0 atom stereocenters. The van der Waals surface area contributed by atoms with Crippen molar-refractivity contribution in [2.24, 2.45) is 10.7 Å². The predicted octanol–water partition coefficient (Wildman–Crippen LogP) is 0.411. The first-order chi connectivity index (χ1) is 7.67. The van der Waals surface area contributed by atoms with Gasteiger partial charge in [0.05, 0.1) is 0 Å². The molecule has 0 rings (SSSR count). The van der Waals surface area contributed by atoms with Crippen LogP contribution in [0.2, 0.25) is 0 Å². The van der Waals surface area contributed by atoms with Gasteiger partial charge in [0.1, 0.15) is 0 Å². The third-order valence-corrected chi connectivity index (χ3v) is 1.92. The van der Waals surface area contributed by atoms with Crippen LogP contribution in [0, 0.1) is 0 Å². The predicted molar refractivity (Wildman–Crippen MR) is 66.9 cm³/mol. The van der Waals surface area contributed by atoms with Crippen molar-refractivity contribution in [1.29, 1.82) is 0 Å². The van der Waals surface area contributed by atoms with Crippen LogP contribution >= 0.6 is 0 Å². The fourth-order valence-corrected chi connectivity index (χ4v) is 1.11. The lowest BCUT2D eigenvalue weighted by Crippen LogP contribution is -2.40. The Bertz CT molecular complexity index is 273. The molecule has 2 N–H and O–H groups in total. The number of hydrogen-bond acceptors (Lipinski definition) is 3. The van der Waals surface area contributed by atoms with Crippen LogP contribution in [-0.4, -0.2) is 49.4 Å². The molecular formula is C11H20N4O. The topological polar surface area (TPSA) is 61.9 Å². The van der Waals surface area contributed by atoms with E-state index in [0.29, 0.717) is 12.5 Å². The molecule has 0 saturated carbocycles. The Hall–Kier alpha value is -1.62. The van der Waals surface area contributed by atoms with Crippen molar-refractivity contribution < 1.29 is 4.79 Å². The maximum absolute atomic E-state index is 10.7. The molecule has 0 saturated heterocycles. The minimum absolute atomic E-state index is 0.585. The number of carbonyl (C=O) groups excluding carboxylic acids is 1. The number of guanidine groups is 1. The fraction of sp³-hybridized carbons (Fsp3) is 0.455. The standard InChI is InChI=1S/C11H20N4O/c1-4-5-8-13-11(15(3)10-16)14(2)9-6-7-12/h4-5,8,10H,1,6-7,9,12H2,2-3H3/b8-5+,13-11-. The van der Waals surface area contributed by atoms with Gasteiger partial charge in [-0.2, -0.15) is 0 Å². The van der Waals surface area contributed by atoms with Gasteiger partial charge in [-0.3, -0.25) is 9.69 Å². The Morgan fingerprint density at radius 2 is 2.19 bits per heavy atom. The summed E-state index contributed by atoms with van der Waals surface area (Å²) in [5, 5.41) is 0. The number of hydrogen-bond donors (Lipinski definition) is 1. The Kier molecular flexibility index (Phi) is 7.79. The van der Waals surface area contributed by atoms with Gasteiger partial charge in [-0.1, -0.05) is 12.7 Å². The summed E-state index contributed by atoms with van der Waals surface area (Å²) in [4.78, 5) is 18.2. The number of allylic oxidation sites excluding steroid dienone is 2. The molecule has 0 aromatic carbocycles. The lowest BCUT2D eigenvalue weighted by atomic mass is 10.4. The molecule has 0 radical (unpaired) electrons. The highest BCUT2D eigenvalue weighted by molar-refractivity contribution is 5.88. The molecule has 0 aliphatic heterocycles. The summed E-state index contributed by atoms with van der Waals surface area (Å²) in [6.07, 6.45) is 6.51. The molecule has 5 nitrogen and oxygen atoms in total. The summed E-state index contributed by atoms with van der Waals surface area (Å²) in [6, 6.07) is 0. The molecular weight excluding hydrogens is 204 g/mol. The lowest BCUT2D eigenvalue weighted by Gasteiger charge is -2.24. The minimum atomic E-state index is 0.585. The summed E-state index contributed by atoms with van der Waals surface area (Å²) < 4.78 is 0. The number of carbonyl (C=O) groups is 1. The Balaban J connectivity index is 4.64. The van der Waals surface area contributed by atoms with E-state index in [1.165, 1.54) is 4.90 Å². The molecule has 5 heteroatoms. The summed E-state index contributed by atoms with van der Waals surface area (Å²) in [5.74, 6) is 0.585. The van der Waals surface area contributed by atoms with Gasteiger partial charge in [-0.05, 0) is 19.0 Å². The molecule has 90 valence electrons. The van der Waals surface area contributed by atoms with E-state index >= 15 is 0 Å². The number of aliphatic imine (C=N–C) groups is 1. The van der Waals surface area contributed by atoms with Crippen LogP contribution in [0.25, 0.3) is 0 Å². The van der Waals surface area contributed by atoms with Crippen molar-refractivity contribution in [1.82, 2.24) is 9.80 Å². The Labute approximate surface area is 96.9 Å². The Morgan fingerprint density at radius 3 is 2.69 bits per heavy atom. The van der Waals surface area contributed by atoms with Crippen LogP contribution in [-0.2, 0) is 4.79 Å². The van der Waals surface area contributed by atoms with Crippen LogP contribution in [0.3, 0.4) is 0 Å². The first-order valence-corrected chi connectivity index (χ1v) is 5.12. The largest absolute Gasteiger partial charge is 0.345 e. The van der Waals surface area contributed by atoms with Crippen LogP contribution in [0.1, 0.15) is 6.42 Å². The molecule has 0 aromatic heterocycles. The van der Waals surface area contributed by atoms with Crippen LogP contribution < -0.4 is 5.73 Å². The van der Waals surface area contributed by atoms with E-state index in [2.05, 4.69) is 11.6 Å². The molecule has 0 heterocycles. The van der Waals surface area contributed by atoms with Gasteiger partial charge in [0.15, 0.2) is 0 Å². The molecule has 0 bridgehead atoms. The number of nitrogens with two attached hydrogens (primary N) is 1. The third-order valence-electron chi connectivity index (χ3n) is 1.92. The second-order valence-electron chi connectivity index (χ2n) is 3.29. The van der Waals surface area contributed by atoms with Gasteiger partial charge >= 0.3 is 0 Å². The third kappa shape index (κ3) is 5.31. The van der Waals surface area contributed by atoms with E-state index < -0.39 is 0 Å². The number of nitrogens with zero attached hydrogens (tertiary/aromatic N) is 3. The normalized spacial score (nSPS) is 11.6. The average molecular weight is 224 g/mol. The van der Waals surface area contributed by atoms with E-state index in [0.717, 1.165) is 19.4 Å². The highest BCUT2D eigenvalue weighted by atomic mass is 16.1. The lowest BCUT2D eigenvalue weighted by molar-refractivity contribution is -0.114. The van der Waals surface area contributed by atoms with Gasteiger partial charge in [0.2, 0.25) is 12.4 Å². The van der Waals surface area contributed by atoms with E-state index in [4.69, 9.17) is 5.73 Å². The molecule has 1 amide bonds. The average Bonchev–Trinajstić information content (AvgIpc) is 2.30. The van der Waals surface area contributed by atoms with Gasteiger partial charge in [-0.25, -0.2) is 4.99 Å². The van der Waals surface area contributed by atoms with E-state index in [1.54, 1.807) is 25.4 Å². The Morgan fingerprint density at radius 1 is 1.50 bits per heavy atom. The van der Waals surface area contributed by atoms with E-state index in [-0.39, 0.29) is 0 Å². The number of amides is 1. The minimum Gasteiger partial charge on any atom is -0.345 e. The van der Waals surface area contributed by atoms with Crippen LogP contribution in [0.5, 0.6) is 0 Å². The molecule has 0 aliphatic rings. The van der Waals surface area contributed by atoms with Crippen molar-refractivity contribution in [3.8, 4) is 0 Å². The first-order valence-electron chi connectivity index (χ1n) is 5.12. The zero-order chi connectivity index (χ0) is 12.4. The molecule has 16 heavy (non-hydrogen) atoms. The number of rotatable bonds is 6. The van der Waals surface area contributed by atoms with E-state index in [1.807, 2.05) is 11.9 Å². The van der Waals surface area contributed by atoms with Crippen molar-refractivity contribution in [2.75, 3.05) is 27.2 Å². The van der Waals surface area contributed by atoms with Crippen molar-refractivity contribution in [2.45, 2.75) is 6.42 Å². The van der Waals surface area contributed by atoms with Gasteiger partial charge < -0.3 is 10.6 Å². The molecule has 0 spiro atoms. The van der Waals surface area contributed by atoms with Crippen molar-refractivity contribution in [3.05, 3.63) is 24.9 Å². The SMILES string of the molecule is C=C/C=C/N=C(\N(C)C=O)N(C)CCCN. The summed E-state index contributed by atoms with van der Waals surface area (Å²) in [7, 11) is 3.53. The summed E-state index contributed by atoms with van der Waals surface area (Å²) in [6.45, 7) is 4.92. The second-order valence-corrected chi connectivity index (χ2v) is 3.29. The molecule has 0 aliphatic carbocycles.